The van der Waals surface area contributed by atoms with Gasteiger partial charge in [0.25, 0.3) is 0 Å². The summed E-state index contributed by atoms with van der Waals surface area (Å²) in [6.07, 6.45) is 2.34. The fourth-order valence-electron chi connectivity index (χ4n) is 1.20. The first kappa shape index (κ1) is 8.62. The Hall–Kier alpha value is 0.520. The predicted octanol–water partition coefficient (Wildman–Crippen LogP) is 1.01. The number of aliphatic hydroxyl groups is 1. The van der Waals surface area contributed by atoms with Crippen molar-refractivity contribution in [2.75, 3.05) is 19.7 Å². The van der Waals surface area contributed by atoms with Crippen LogP contribution in [-0.4, -0.2) is 32.4 Å². The molecule has 0 aliphatic carbocycles. The molecule has 0 bridgehead atoms. The van der Waals surface area contributed by atoms with E-state index in [2.05, 4.69) is 7.63 Å². The van der Waals surface area contributed by atoms with Crippen LogP contribution in [0.25, 0.3) is 0 Å². The zero-order valence-electron chi connectivity index (χ0n) is 6.09. The fourth-order valence-corrected chi connectivity index (χ4v) is 2.44. The van der Waals surface area contributed by atoms with Gasteiger partial charge in [0, 0.05) is 19.7 Å². The van der Waals surface area contributed by atoms with E-state index in [1.54, 1.807) is 0 Å². The van der Waals surface area contributed by atoms with E-state index in [0.717, 1.165) is 0 Å². The number of hydrogen-bond donors (Lipinski definition) is 1. The van der Waals surface area contributed by atoms with Gasteiger partial charge in [-0.1, -0.05) is 4.51 Å². The molecule has 0 atom stereocenters. The third kappa shape index (κ3) is 2.29. The average Bonchev–Trinajstić information content (AvgIpc) is 2.05. The van der Waals surface area contributed by atoms with Crippen LogP contribution in [0.2, 0.25) is 0 Å². The van der Waals surface area contributed by atoms with Gasteiger partial charge in [0.05, 0.1) is 0 Å². The molecule has 0 aromatic heterocycles. The Morgan fingerprint density at radius 3 is 2.50 bits per heavy atom. The number of piperidine rings is 1. The molecule has 1 aliphatic heterocycles. The molecule has 1 aliphatic rings. The van der Waals surface area contributed by atoms with E-state index in [4.69, 9.17) is 5.11 Å². The fraction of sp³-hybridized carbons (Fsp3) is 0.857. The SMILES string of the molecule is C=IN1CCC(CO)CC1. The van der Waals surface area contributed by atoms with Gasteiger partial charge in [0.2, 0.25) is 0 Å². The molecule has 2 nitrogen and oxygen atoms in total. The van der Waals surface area contributed by atoms with E-state index in [-0.39, 0.29) is 21.0 Å². The summed E-state index contributed by atoms with van der Waals surface area (Å²) < 4.78 is 6.37. The monoisotopic (exact) mass is 255 g/mol. The molecule has 0 aromatic rings. The van der Waals surface area contributed by atoms with Crippen molar-refractivity contribution in [1.82, 2.24) is 3.11 Å². The molecule has 1 fully saturated rings. The third-order valence-corrected chi connectivity index (χ3v) is 3.92. The van der Waals surface area contributed by atoms with Gasteiger partial charge in [-0.15, -0.1) is 0 Å². The first-order valence-electron chi connectivity index (χ1n) is 3.61. The second-order valence-electron chi connectivity index (χ2n) is 2.66. The Morgan fingerprint density at radius 2 is 2.10 bits per heavy atom. The summed E-state index contributed by atoms with van der Waals surface area (Å²) in [6, 6.07) is 0. The predicted molar refractivity (Wildman–Crippen MR) is 52.5 cm³/mol. The molecule has 0 aromatic carbocycles. The molecule has 0 amide bonds. The van der Waals surface area contributed by atoms with Crippen LogP contribution in [0.1, 0.15) is 12.8 Å². The van der Waals surface area contributed by atoms with Gasteiger partial charge in [-0.05, 0) is 39.8 Å². The van der Waals surface area contributed by atoms with Gasteiger partial charge >= 0.3 is 0 Å². The van der Waals surface area contributed by atoms with E-state index in [0.29, 0.717) is 12.5 Å². The van der Waals surface area contributed by atoms with Crippen LogP contribution in [0.15, 0.2) is 0 Å². The topological polar surface area (TPSA) is 23.5 Å². The van der Waals surface area contributed by atoms with Crippen LogP contribution in [0.4, 0.5) is 0 Å². The van der Waals surface area contributed by atoms with Crippen LogP contribution in [-0.2, 0) is 0 Å². The maximum Gasteiger partial charge on any atom is 0.0460 e. The van der Waals surface area contributed by atoms with E-state index >= 15 is 0 Å². The Balaban J connectivity index is 2.23. The summed E-state index contributed by atoms with van der Waals surface area (Å²) in [7, 11) is 0. The molecular weight excluding hydrogens is 241 g/mol. The lowest BCUT2D eigenvalue weighted by molar-refractivity contribution is 0.179. The van der Waals surface area contributed by atoms with Crippen LogP contribution in [0.3, 0.4) is 0 Å². The Kier molecular flexibility index (Phi) is 3.80. The van der Waals surface area contributed by atoms with Crippen molar-refractivity contribution in [2.45, 2.75) is 12.8 Å². The standard InChI is InChI=1S/C7H14INO/c1-8-9-4-2-7(6-10)3-5-9/h7,10H,1-6H2. The number of aliphatic hydroxyl groups excluding tert-OH is 1. The summed E-state index contributed by atoms with van der Waals surface area (Å²) in [4.78, 5) is 0. The molecule has 1 heterocycles. The molecular formula is C7H14INO. The van der Waals surface area contributed by atoms with Crippen molar-refractivity contribution < 1.29 is 5.11 Å². The van der Waals surface area contributed by atoms with Crippen LogP contribution in [0, 0.1) is 5.92 Å². The molecule has 0 saturated carbocycles. The third-order valence-electron chi connectivity index (χ3n) is 1.99. The molecule has 0 spiro atoms. The highest BCUT2D eigenvalue weighted by molar-refractivity contribution is 14.2. The van der Waals surface area contributed by atoms with E-state index in [1.165, 1.54) is 25.9 Å². The number of halogens is 1. The summed E-state index contributed by atoms with van der Waals surface area (Å²) in [5.41, 5.74) is 0. The highest BCUT2D eigenvalue weighted by atomic mass is 127. The zero-order chi connectivity index (χ0) is 7.40. The normalized spacial score (nSPS) is 23.3. The van der Waals surface area contributed by atoms with Gasteiger partial charge in [-0.2, -0.15) is 0 Å². The van der Waals surface area contributed by atoms with Crippen molar-refractivity contribution in [2.24, 2.45) is 5.92 Å². The smallest absolute Gasteiger partial charge is 0.0460 e. The van der Waals surface area contributed by atoms with E-state index in [1.807, 2.05) is 0 Å². The lowest BCUT2D eigenvalue weighted by Gasteiger charge is -2.27. The van der Waals surface area contributed by atoms with Crippen LogP contribution >= 0.6 is 21.0 Å². The largest absolute Gasteiger partial charge is 0.396 e. The Bertz CT molecular complexity index is 110. The van der Waals surface area contributed by atoms with E-state index in [9.17, 15) is 0 Å². The minimum absolute atomic E-state index is 0.0633. The summed E-state index contributed by atoms with van der Waals surface area (Å²) >= 11 is 0.0633. The first-order valence-corrected chi connectivity index (χ1v) is 6.10. The highest BCUT2D eigenvalue weighted by Gasteiger charge is 2.16. The van der Waals surface area contributed by atoms with Gasteiger partial charge in [-0.25, -0.2) is 0 Å². The molecule has 60 valence electrons. The molecule has 0 radical (unpaired) electrons. The Labute approximate surface area is 72.3 Å². The lowest BCUT2D eigenvalue weighted by atomic mass is 10.00. The van der Waals surface area contributed by atoms with Gasteiger partial charge in [0.15, 0.2) is 0 Å². The second kappa shape index (κ2) is 4.41. The minimum Gasteiger partial charge on any atom is -0.396 e. The van der Waals surface area contributed by atoms with Crippen molar-refractivity contribution >= 4 is 25.5 Å². The summed E-state index contributed by atoms with van der Waals surface area (Å²) in [6.45, 7) is 2.72. The van der Waals surface area contributed by atoms with Gasteiger partial charge in [0.1, 0.15) is 0 Å². The van der Waals surface area contributed by atoms with Crippen molar-refractivity contribution in [1.29, 1.82) is 0 Å². The van der Waals surface area contributed by atoms with Gasteiger partial charge in [-0.3, -0.25) is 3.11 Å². The molecule has 1 saturated heterocycles. The maximum atomic E-state index is 8.82. The molecule has 3 heteroatoms. The highest BCUT2D eigenvalue weighted by Crippen LogP contribution is 2.20. The molecule has 0 unspecified atom stereocenters. The zero-order valence-corrected chi connectivity index (χ0v) is 8.25. The quantitative estimate of drug-likeness (QED) is 0.588. The van der Waals surface area contributed by atoms with Crippen molar-refractivity contribution in [3.8, 4) is 0 Å². The lowest BCUT2D eigenvalue weighted by Crippen LogP contribution is -2.27. The second-order valence-corrected chi connectivity index (χ2v) is 4.70. The number of rotatable bonds is 2. The van der Waals surface area contributed by atoms with Gasteiger partial charge < -0.3 is 5.11 Å². The van der Waals surface area contributed by atoms with Crippen LogP contribution in [0.5, 0.6) is 0 Å². The Morgan fingerprint density at radius 1 is 1.50 bits per heavy atom. The van der Waals surface area contributed by atoms with Crippen molar-refractivity contribution in [3.63, 3.8) is 0 Å². The summed E-state index contributed by atoms with van der Waals surface area (Å²) in [5, 5.41) is 8.82. The maximum absolute atomic E-state index is 8.82. The minimum atomic E-state index is 0.0633. The van der Waals surface area contributed by atoms with Crippen LogP contribution < -0.4 is 0 Å². The average molecular weight is 255 g/mol. The summed E-state index contributed by atoms with van der Waals surface area (Å²) in [5.74, 6) is 0.576. The van der Waals surface area contributed by atoms with E-state index < -0.39 is 0 Å². The number of hydrogen-bond acceptors (Lipinski definition) is 2. The molecule has 1 rings (SSSR count). The van der Waals surface area contributed by atoms with Crippen molar-refractivity contribution in [3.05, 3.63) is 0 Å². The molecule has 10 heavy (non-hydrogen) atoms. The first-order chi connectivity index (χ1) is 4.86. The number of nitrogens with zero attached hydrogens (tertiary/aromatic N) is 1. The molecule has 1 N–H and O–H groups in total.